The molecule has 1 unspecified atom stereocenters. The van der Waals surface area contributed by atoms with E-state index in [-0.39, 0.29) is 51.2 Å². The summed E-state index contributed by atoms with van der Waals surface area (Å²) in [6.07, 6.45) is -0.430. The highest BCUT2D eigenvalue weighted by Gasteiger charge is 2.31. The van der Waals surface area contributed by atoms with Gasteiger partial charge in [0.1, 0.15) is 5.82 Å². The van der Waals surface area contributed by atoms with Gasteiger partial charge >= 0.3 is 6.09 Å². The molecule has 2 aliphatic rings. The first-order valence-electron chi connectivity index (χ1n) is 10.1. The van der Waals surface area contributed by atoms with Gasteiger partial charge in [0.25, 0.3) is 10.2 Å². The van der Waals surface area contributed by atoms with E-state index < -0.39 is 16.3 Å². The molecule has 1 aromatic carbocycles. The van der Waals surface area contributed by atoms with Crippen molar-refractivity contribution in [2.45, 2.75) is 13.0 Å². The molecule has 3 rings (SSSR count). The first-order valence-corrected chi connectivity index (χ1v) is 11.6. The number of benzene rings is 1. The minimum Gasteiger partial charge on any atom is -0.450 e. The minimum absolute atomic E-state index is 0.115. The van der Waals surface area contributed by atoms with Gasteiger partial charge in [0, 0.05) is 51.9 Å². The molecule has 0 radical (unpaired) electrons. The molecule has 2 fully saturated rings. The Morgan fingerprint density at radius 2 is 1.90 bits per heavy atom. The van der Waals surface area contributed by atoms with E-state index >= 15 is 0 Å². The average Bonchev–Trinajstić information content (AvgIpc) is 2.75. The van der Waals surface area contributed by atoms with Crippen LogP contribution in [0.3, 0.4) is 0 Å². The zero-order chi connectivity index (χ0) is 21.6. The molecule has 0 saturated carbocycles. The van der Waals surface area contributed by atoms with Crippen molar-refractivity contribution in [3.8, 4) is 0 Å². The molecule has 30 heavy (non-hydrogen) atoms. The van der Waals surface area contributed by atoms with Crippen molar-refractivity contribution in [1.82, 2.24) is 18.8 Å². The first kappa shape index (κ1) is 22.9. The SMILES string of the molecule is CCOC(=O)N1CCN(S(=O)(=O)NCC(c2cccc(F)c2)N2CCOCC2)CC1. The summed E-state index contributed by atoms with van der Waals surface area (Å²) in [6, 6.07) is 5.93. The van der Waals surface area contributed by atoms with Crippen LogP contribution < -0.4 is 4.72 Å². The molecule has 0 aliphatic carbocycles. The second-order valence-electron chi connectivity index (χ2n) is 7.16. The van der Waals surface area contributed by atoms with Crippen molar-refractivity contribution in [2.75, 3.05) is 65.6 Å². The molecule has 9 nitrogen and oxygen atoms in total. The van der Waals surface area contributed by atoms with Crippen LogP contribution in [0.25, 0.3) is 0 Å². The van der Waals surface area contributed by atoms with Gasteiger partial charge in [-0.2, -0.15) is 12.7 Å². The Balaban J connectivity index is 1.63. The van der Waals surface area contributed by atoms with Gasteiger partial charge in [-0.3, -0.25) is 4.90 Å². The van der Waals surface area contributed by atoms with E-state index in [1.54, 1.807) is 19.1 Å². The second kappa shape index (κ2) is 10.5. The van der Waals surface area contributed by atoms with Crippen LogP contribution in [0.2, 0.25) is 0 Å². The van der Waals surface area contributed by atoms with Gasteiger partial charge < -0.3 is 14.4 Å². The summed E-state index contributed by atoms with van der Waals surface area (Å²) in [5, 5.41) is 0. The van der Waals surface area contributed by atoms with E-state index in [4.69, 9.17) is 9.47 Å². The summed E-state index contributed by atoms with van der Waals surface area (Å²) in [4.78, 5) is 15.4. The van der Waals surface area contributed by atoms with E-state index in [1.807, 2.05) is 0 Å². The normalized spacial score (nSPS) is 20.1. The van der Waals surface area contributed by atoms with Crippen LogP contribution >= 0.6 is 0 Å². The third kappa shape index (κ3) is 5.88. The number of nitrogens with zero attached hydrogens (tertiary/aromatic N) is 3. The van der Waals surface area contributed by atoms with Crippen molar-refractivity contribution in [2.24, 2.45) is 0 Å². The van der Waals surface area contributed by atoms with E-state index in [9.17, 15) is 17.6 Å². The Morgan fingerprint density at radius 1 is 1.20 bits per heavy atom. The Labute approximate surface area is 176 Å². The van der Waals surface area contributed by atoms with Crippen molar-refractivity contribution in [3.05, 3.63) is 35.6 Å². The molecule has 0 spiro atoms. The van der Waals surface area contributed by atoms with Crippen molar-refractivity contribution < 1.29 is 27.1 Å². The van der Waals surface area contributed by atoms with Gasteiger partial charge in [-0.25, -0.2) is 13.9 Å². The Bertz CT molecular complexity index is 811. The number of carbonyl (C=O) groups excluding carboxylic acids is 1. The Morgan fingerprint density at radius 3 is 2.53 bits per heavy atom. The molecule has 1 N–H and O–H groups in total. The maximum atomic E-state index is 13.8. The van der Waals surface area contributed by atoms with Crippen molar-refractivity contribution in [1.29, 1.82) is 0 Å². The predicted molar refractivity (Wildman–Crippen MR) is 109 cm³/mol. The Kier molecular flexibility index (Phi) is 8.00. The largest absolute Gasteiger partial charge is 0.450 e. The lowest BCUT2D eigenvalue weighted by atomic mass is 10.0. The maximum absolute atomic E-state index is 13.8. The molecule has 2 aliphatic heterocycles. The summed E-state index contributed by atoms with van der Waals surface area (Å²) >= 11 is 0. The summed E-state index contributed by atoms with van der Waals surface area (Å²) in [6.45, 7) is 5.43. The molecule has 1 aromatic rings. The van der Waals surface area contributed by atoms with E-state index in [0.29, 0.717) is 31.9 Å². The lowest BCUT2D eigenvalue weighted by molar-refractivity contribution is 0.0170. The third-order valence-corrected chi connectivity index (χ3v) is 6.86. The molecule has 11 heteroatoms. The number of halogens is 1. The quantitative estimate of drug-likeness (QED) is 0.669. The molecule has 2 heterocycles. The van der Waals surface area contributed by atoms with Gasteiger partial charge in [0.15, 0.2) is 0 Å². The smallest absolute Gasteiger partial charge is 0.409 e. The number of hydrogen-bond acceptors (Lipinski definition) is 6. The topological polar surface area (TPSA) is 91.4 Å². The fourth-order valence-corrected chi connectivity index (χ4v) is 4.86. The van der Waals surface area contributed by atoms with E-state index in [1.165, 1.54) is 21.3 Å². The standard InChI is InChI=1S/C19H29FN4O5S/c1-2-29-19(25)23-6-8-24(9-7-23)30(26,27)21-15-18(22-10-12-28-13-11-22)16-4-3-5-17(20)14-16/h3-5,14,18,21H,2,6-13,15H2,1H3. The molecule has 0 aromatic heterocycles. The number of rotatable bonds is 7. The molecule has 1 amide bonds. The molecule has 0 bridgehead atoms. The number of amides is 1. The van der Waals surface area contributed by atoms with Gasteiger partial charge in [-0.15, -0.1) is 0 Å². The maximum Gasteiger partial charge on any atom is 0.409 e. The van der Waals surface area contributed by atoms with Crippen LogP contribution in [-0.4, -0.2) is 94.3 Å². The van der Waals surface area contributed by atoms with Crippen LogP contribution in [-0.2, 0) is 19.7 Å². The van der Waals surface area contributed by atoms with E-state index in [0.717, 1.165) is 0 Å². The fourth-order valence-electron chi connectivity index (χ4n) is 3.66. The fraction of sp³-hybridized carbons (Fsp3) is 0.632. The molecular formula is C19H29FN4O5S. The highest BCUT2D eigenvalue weighted by molar-refractivity contribution is 7.87. The lowest BCUT2D eigenvalue weighted by Gasteiger charge is -2.36. The number of morpholine rings is 1. The minimum atomic E-state index is -3.74. The highest BCUT2D eigenvalue weighted by atomic mass is 32.2. The highest BCUT2D eigenvalue weighted by Crippen LogP contribution is 2.22. The summed E-state index contributed by atoms with van der Waals surface area (Å²) in [7, 11) is -3.74. The van der Waals surface area contributed by atoms with Crippen LogP contribution in [0.5, 0.6) is 0 Å². The van der Waals surface area contributed by atoms with Crippen LogP contribution in [0.4, 0.5) is 9.18 Å². The number of piperazine rings is 1. The zero-order valence-corrected chi connectivity index (χ0v) is 17.9. The monoisotopic (exact) mass is 444 g/mol. The van der Waals surface area contributed by atoms with Crippen LogP contribution in [0, 0.1) is 5.82 Å². The number of carbonyl (C=O) groups is 1. The predicted octanol–water partition coefficient (Wildman–Crippen LogP) is 0.808. The first-order chi connectivity index (χ1) is 14.4. The molecular weight excluding hydrogens is 415 g/mol. The zero-order valence-electron chi connectivity index (χ0n) is 17.1. The van der Waals surface area contributed by atoms with Gasteiger partial charge in [-0.1, -0.05) is 12.1 Å². The van der Waals surface area contributed by atoms with Crippen LogP contribution in [0.15, 0.2) is 24.3 Å². The van der Waals surface area contributed by atoms with E-state index in [2.05, 4.69) is 9.62 Å². The second-order valence-corrected chi connectivity index (χ2v) is 8.91. The Hall–Kier alpha value is -1.79. The van der Waals surface area contributed by atoms with Crippen LogP contribution in [0.1, 0.15) is 18.5 Å². The number of ether oxygens (including phenoxy) is 2. The molecule has 1 atom stereocenters. The van der Waals surface area contributed by atoms with Gasteiger partial charge in [-0.05, 0) is 24.6 Å². The summed E-state index contributed by atoms with van der Waals surface area (Å²) in [5.74, 6) is -0.358. The average molecular weight is 445 g/mol. The summed E-state index contributed by atoms with van der Waals surface area (Å²) < 4.78 is 53.8. The molecule has 168 valence electrons. The summed E-state index contributed by atoms with van der Waals surface area (Å²) in [5.41, 5.74) is 0.715. The third-order valence-electron chi connectivity index (χ3n) is 5.28. The van der Waals surface area contributed by atoms with Gasteiger partial charge in [0.2, 0.25) is 0 Å². The lowest BCUT2D eigenvalue weighted by Crippen LogP contribution is -2.54. The van der Waals surface area contributed by atoms with Crippen molar-refractivity contribution in [3.63, 3.8) is 0 Å². The van der Waals surface area contributed by atoms with Crippen molar-refractivity contribution >= 4 is 16.3 Å². The molecule has 2 saturated heterocycles. The van der Waals surface area contributed by atoms with Gasteiger partial charge in [0.05, 0.1) is 19.8 Å². The number of nitrogens with one attached hydrogen (secondary N) is 1. The number of hydrogen-bond donors (Lipinski definition) is 1.